The summed E-state index contributed by atoms with van der Waals surface area (Å²) >= 11 is 0. The van der Waals surface area contributed by atoms with Crippen LogP contribution < -0.4 is 0 Å². The Morgan fingerprint density at radius 3 is 0.385 bits per heavy atom. The van der Waals surface area contributed by atoms with Crippen LogP contribution in [0, 0.1) is 0 Å². The average Bonchev–Trinajstić information content (AvgIpc) is 2.24. The van der Waals surface area contributed by atoms with Crippen LogP contribution >= 0.6 is 0 Å². The van der Waals surface area contributed by atoms with E-state index in [0.717, 1.165) is 0 Å². The molecule has 2 aromatic rings. The quantitative estimate of drug-likeness (QED) is 0.630. The van der Waals surface area contributed by atoms with Crippen molar-refractivity contribution >= 4 is 26.2 Å². The molecule has 0 N–H and O–H groups in total. The van der Waals surface area contributed by atoms with Crippen molar-refractivity contribution in [3.63, 3.8) is 0 Å². The Balaban J connectivity index is 0.000000206. The Morgan fingerprint density at radius 2 is 0.308 bits per heavy atom. The van der Waals surface area contributed by atoms with Crippen molar-refractivity contribution in [2.24, 2.45) is 0 Å². The molecule has 3 radical (unpaired) electrons. The molecule has 0 nitrogen and oxygen atoms in total. The minimum atomic E-state index is 0. The monoisotopic (exact) mass is 365 g/mol. The number of hydrogen-bond donors (Lipinski definition) is 0. The van der Waals surface area contributed by atoms with E-state index in [0.29, 0.717) is 0 Å². The molecule has 65 valence electrons. The molecule has 1 heteroatoms. The minimum absolute atomic E-state index is 0. The fraction of sp³-hybridized carbons (Fsp3) is 0. The van der Waals surface area contributed by atoms with Crippen LogP contribution in [-0.4, -0.2) is 26.2 Å². The number of rotatable bonds is 0. The molecule has 0 fully saturated rings. The second-order valence-corrected chi connectivity index (χ2v) is 2.31. The van der Waals surface area contributed by atoms with E-state index >= 15 is 0 Å². The molecule has 2 aromatic carbocycles. The largest absolute Gasteiger partial charge is 0.0623 e. The Kier molecular flexibility index (Phi) is 8.92. The van der Waals surface area contributed by atoms with Gasteiger partial charge in [-0.2, -0.15) is 0 Å². The molecule has 0 atom stereocenters. The zero-order valence-corrected chi connectivity index (χ0v) is 10.9. The first-order chi connectivity index (χ1) is 6.00. The molecule has 13 heavy (non-hydrogen) atoms. The smallest absolute Gasteiger partial charge is 0 e. The maximum absolute atomic E-state index is 2.00. The fourth-order valence-electron chi connectivity index (χ4n) is 0.770. The van der Waals surface area contributed by atoms with Crippen LogP contribution in [0.3, 0.4) is 0 Å². The van der Waals surface area contributed by atoms with Crippen LogP contribution in [0.25, 0.3) is 0 Å². The van der Waals surface area contributed by atoms with Crippen molar-refractivity contribution in [3.05, 3.63) is 72.8 Å². The van der Waals surface area contributed by atoms with Gasteiger partial charge >= 0.3 is 0 Å². The summed E-state index contributed by atoms with van der Waals surface area (Å²) in [5.74, 6) is 0. The molecule has 0 amide bonds. The van der Waals surface area contributed by atoms with E-state index in [1.54, 1.807) is 0 Å². The molecule has 0 aromatic heterocycles. The summed E-state index contributed by atoms with van der Waals surface area (Å²) in [4.78, 5) is 0. The molecule has 0 heterocycles. The standard InChI is InChI=1S/2C6H6.Bi/c2*1-2-4-6-5-3-1;/h2*1-6H;. The maximum Gasteiger partial charge on any atom is 0 e. The first kappa shape index (κ1) is 12.3. The van der Waals surface area contributed by atoms with Gasteiger partial charge in [0.05, 0.1) is 0 Å². The topological polar surface area (TPSA) is 0 Å². The van der Waals surface area contributed by atoms with E-state index in [4.69, 9.17) is 0 Å². The molecular formula is C12H12Bi. The van der Waals surface area contributed by atoms with Crippen molar-refractivity contribution in [1.29, 1.82) is 0 Å². The van der Waals surface area contributed by atoms with Crippen LogP contribution in [0.5, 0.6) is 0 Å². The Hall–Kier alpha value is -0.677. The van der Waals surface area contributed by atoms with Gasteiger partial charge in [0.1, 0.15) is 0 Å². The number of hydrogen-bond acceptors (Lipinski definition) is 0. The molecule has 0 saturated carbocycles. The van der Waals surface area contributed by atoms with Gasteiger partial charge in [-0.15, -0.1) is 0 Å². The van der Waals surface area contributed by atoms with Gasteiger partial charge in [-0.3, -0.25) is 0 Å². The van der Waals surface area contributed by atoms with Gasteiger partial charge in [-0.05, 0) is 0 Å². The van der Waals surface area contributed by atoms with Gasteiger partial charge in [0.2, 0.25) is 0 Å². The average molecular weight is 365 g/mol. The summed E-state index contributed by atoms with van der Waals surface area (Å²) in [6.45, 7) is 0. The second kappa shape index (κ2) is 9.41. The summed E-state index contributed by atoms with van der Waals surface area (Å²) in [6, 6.07) is 24.0. The van der Waals surface area contributed by atoms with Gasteiger partial charge in [-0.1, -0.05) is 72.8 Å². The zero-order chi connectivity index (χ0) is 8.49. The van der Waals surface area contributed by atoms with E-state index in [1.807, 2.05) is 72.8 Å². The molecule has 0 aliphatic rings. The maximum atomic E-state index is 2.00. The van der Waals surface area contributed by atoms with Crippen molar-refractivity contribution in [1.82, 2.24) is 0 Å². The van der Waals surface area contributed by atoms with Gasteiger partial charge in [0.25, 0.3) is 0 Å². The summed E-state index contributed by atoms with van der Waals surface area (Å²) in [5, 5.41) is 0. The van der Waals surface area contributed by atoms with Crippen molar-refractivity contribution in [2.75, 3.05) is 0 Å². The molecule has 0 aliphatic carbocycles. The molecule has 2 rings (SSSR count). The van der Waals surface area contributed by atoms with Crippen molar-refractivity contribution in [3.8, 4) is 0 Å². The predicted octanol–water partition coefficient (Wildman–Crippen LogP) is 2.99. The molecular weight excluding hydrogens is 353 g/mol. The molecule has 0 saturated heterocycles. The van der Waals surface area contributed by atoms with Crippen LogP contribution in [0.1, 0.15) is 0 Å². The third kappa shape index (κ3) is 7.68. The summed E-state index contributed by atoms with van der Waals surface area (Å²) in [7, 11) is 0. The summed E-state index contributed by atoms with van der Waals surface area (Å²) in [5.41, 5.74) is 0. The van der Waals surface area contributed by atoms with Gasteiger partial charge in [-0.25, -0.2) is 0 Å². The van der Waals surface area contributed by atoms with Crippen molar-refractivity contribution < 1.29 is 0 Å². The minimum Gasteiger partial charge on any atom is -0.0623 e. The van der Waals surface area contributed by atoms with E-state index in [9.17, 15) is 0 Å². The first-order valence-electron chi connectivity index (χ1n) is 4.00. The molecule has 0 unspecified atom stereocenters. The van der Waals surface area contributed by atoms with E-state index in [-0.39, 0.29) is 26.2 Å². The first-order valence-corrected chi connectivity index (χ1v) is 4.00. The van der Waals surface area contributed by atoms with Crippen LogP contribution in [0.4, 0.5) is 0 Å². The predicted molar refractivity (Wildman–Crippen MR) is 58.6 cm³/mol. The summed E-state index contributed by atoms with van der Waals surface area (Å²) < 4.78 is 0. The van der Waals surface area contributed by atoms with Crippen molar-refractivity contribution in [2.45, 2.75) is 0 Å². The van der Waals surface area contributed by atoms with Gasteiger partial charge < -0.3 is 0 Å². The normalized spacial score (nSPS) is 7.38. The Labute approximate surface area is 98.7 Å². The van der Waals surface area contributed by atoms with E-state index in [1.165, 1.54) is 0 Å². The molecule has 0 aliphatic heterocycles. The zero-order valence-electron chi connectivity index (χ0n) is 7.38. The molecule has 0 spiro atoms. The third-order valence-corrected chi connectivity index (χ3v) is 1.33. The number of benzene rings is 2. The third-order valence-electron chi connectivity index (χ3n) is 1.33. The van der Waals surface area contributed by atoms with Gasteiger partial charge in [0, 0.05) is 26.2 Å². The molecule has 0 bridgehead atoms. The van der Waals surface area contributed by atoms with Crippen LogP contribution in [0.2, 0.25) is 0 Å². The van der Waals surface area contributed by atoms with Crippen LogP contribution in [-0.2, 0) is 0 Å². The second-order valence-electron chi connectivity index (χ2n) is 2.31. The van der Waals surface area contributed by atoms with E-state index < -0.39 is 0 Å². The van der Waals surface area contributed by atoms with Gasteiger partial charge in [0.15, 0.2) is 0 Å². The van der Waals surface area contributed by atoms with E-state index in [2.05, 4.69) is 0 Å². The van der Waals surface area contributed by atoms with Crippen LogP contribution in [0.15, 0.2) is 72.8 Å². The SMILES string of the molecule is [Bi].c1ccccc1.c1ccccc1. The Bertz CT molecular complexity index is 181. The fourth-order valence-corrected chi connectivity index (χ4v) is 0.770. The Morgan fingerprint density at radius 1 is 0.231 bits per heavy atom. The summed E-state index contributed by atoms with van der Waals surface area (Å²) in [6.07, 6.45) is 0.